The second kappa shape index (κ2) is 6.03. The van der Waals surface area contributed by atoms with Crippen molar-refractivity contribution in [1.29, 1.82) is 0 Å². The summed E-state index contributed by atoms with van der Waals surface area (Å²) in [6.07, 6.45) is 0.841. The van der Waals surface area contributed by atoms with Gasteiger partial charge in [-0.15, -0.1) is 11.3 Å². The van der Waals surface area contributed by atoms with Crippen molar-refractivity contribution in [3.8, 4) is 0 Å². The van der Waals surface area contributed by atoms with Crippen LogP contribution in [0.2, 0.25) is 0 Å². The number of sulfonamides is 1. The topological polar surface area (TPSA) is 123 Å². The Hall–Kier alpha value is -0.970. The lowest BCUT2D eigenvalue weighted by Gasteiger charge is -2.08. The summed E-state index contributed by atoms with van der Waals surface area (Å²) < 4.78 is 44.9. The molecule has 1 aromatic rings. The van der Waals surface area contributed by atoms with Gasteiger partial charge in [0.25, 0.3) is 0 Å². The zero-order valence-corrected chi connectivity index (χ0v) is 13.6. The Kier molecular flexibility index (Phi) is 4.71. The maximum absolute atomic E-state index is 11.8. The molecule has 118 valence electrons. The molecule has 1 aromatic heterocycles. The van der Waals surface area contributed by atoms with Crippen LogP contribution < -0.4 is 10.5 Å². The minimum absolute atomic E-state index is 0.0632. The zero-order chi connectivity index (χ0) is 15.7. The third kappa shape index (κ3) is 4.50. The standard InChI is InChI=1S/C11H16N2O5S3/c12-21(17,18)10-2-1-9(19-10)3-5-13-11(14)8-4-6-20(15,16)7-8/h1-2,8H,3-7H2,(H,13,14)(H2,12,17,18). The van der Waals surface area contributed by atoms with Crippen LogP contribution in [0.1, 0.15) is 11.3 Å². The fourth-order valence-electron chi connectivity index (χ4n) is 2.10. The number of nitrogens with one attached hydrogen (secondary N) is 1. The fourth-order valence-corrected chi connectivity index (χ4v) is 5.62. The smallest absolute Gasteiger partial charge is 0.247 e. The Morgan fingerprint density at radius 1 is 1.43 bits per heavy atom. The van der Waals surface area contributed by atoms with Gasteiger partial charge in [0.05, 0.1) is 17.4 Å². The number of primary sulfonamides is 1. The van der Waals surface area contributed by atoms with Gasteiger partial charge in [-0.3, -0.25) is 4.79 Å². The van der Waals surface area contributed by atoms with E-state index in [1.165, 1.54) is 6.07 Å². The summed E-state index contributed by atoms with van der Waals surface area (Å²) in [5.74, 6) is -0.765. The maximum atomic E-state index is 11.8. The van der Waals surface area contributed by atoms with Crippen molar-refractivity contribution >= 4 is 37.1 Å². The molecule has 2 heterocycles. The van der Waals surface area contributed by atoms with Crippen molar-refractivity contribution < 1.29 is 21.6 Å². The molecule has 0 spiro atoms. The largest absolute Gasteiger partial charge is 0.355 e. The number of carbonyl (C=O) groups excluding carboxylic acids is 1. The van der Waals surface area contributed by atoms with Gasteiger partial charge in [-0.05, 0) is 25.0 Å². The van der Waals surface area contributed by atoms with Crippen molar-refractivity contribution in [2.75, 3.05) is 18.1 Å². The first-order valence-electron chi connectivity index (χ1n) is 6.27. The first kappa shape index (κ1) is 16.4. The average Bonchev–Trinajstić information content (AvgIpc) is 2.95. The van der Waals surface area contributed by atoms with E-state index in [-0.39, 0.29) is 21.6 Å². The van der Waals surface area contributed by atoms with Crippen LogP contribution in [0.3, 0.4) is 0 Å². The number of carbonyl (C=O) groups is 1. The molecular weight excluding hydrogens is 336 g/mol. The number of amides is 1. The molecule has 0 saturated carbocycles. The van der Waals surface area contributed by atoms with Crippen molar-refractivity contribution in [1.82, 2.24) is 5.32 Å². The molecule has 1 saturated heterocycles. The molecule has 0 bridgehead atoms. The van der Waals surface area contributed by atoms with Gasteiger partial charge in [0.1, 0.15) is 4.21 Å². The SMILES string of the molecule is NS(=O)(=O)c1ccc(CCNC(=O)C2CCS(=O)(=O)C2)s1. The number of sulfone groups is 1. The van der Waals surface area contributed by atoms with Gasteiger partial charge >= 0.3 is 0 Å². The highest BCUT2D eigenvalue weighted by Gasteiger charge is 2.32. The van der Waals surface area contributed by atoms with Crippen molar-refractivity contribution in [2.45, 2.75) is 17.1 Å². The van der Waals surface area contributed by atoms with Crippen molar-refractivity contribution in [3.05, 3.63) is 17.0 Å². The molecule has 1 unspecified atom stereocenters. The monoisotopic (exact) mass is 352 g/mol. The Morgan fingerprint density at radius 3 is 2.67 bits per heavy atom. The van der Waals surface area contributed by atoms with Crippen LogP contribution in [0.5, 0.6) is 0 Å². The molecule has 0 radical (unpaired) electrons. The van der Waals surface area contributed by atoms with Gasteiger partial charge in [0, 0.05) is 11.4 Å². The van der Waals surface area contributed by atoms with E-state index in [0.29, 0.717) is 19.4 Å². The van der Waals surface area contributed by atoms with Gasteiger partial charge in [0.2, 0.25) is 15.9 Å². The summed E-state index contributed by atoms with van der Waals surface area (Å²) >= 11 is 1.06. The lowest BCUT2D eigenvalue weighted by atomic mass is 10.1. The Labute approximate surface area is 127 Å². The molecule has 10 heteroatoms. The van der Waals surface area contributed by atoms with E-state index in [2.05, 4.69) is 5.32 Å². The van der Waals surface area contributed by atoms with Crippen LogP contribution in [0, 0.1) is 5.92 Å². The van der Waals surface area contributed by atoms with Crippen molar-refractivity contribution in [2.24, 2.45) is 11.1 Å². The highest BCUT2D eigenvalue weighted by Crippen LogP contribution is 2.21. The molecule has 1 fully saturated rings. The second-order valence-corrected chi connectivity index (χ2v) is 10.1. The number of hydrogen-bond donors (Lipinski definition) is 2. The number of rotatable bonds is 5. The van der Waals surface area contributed by atoms with E-state index in [0.717, 1.165) is 16.2 Å². The highest BCUT2D eigenvalue weighted by atomic mass is 32.2. The summed E-state index contributed by atoms with van der Waals surface area (Å²) in [5.41, 5.74) is 0. The number of nitrogens with two attached hydrogens (primary N) is 1. The predicted octanol–water partition coefficient (Wildman–Crippen LogP) is -0.511. The average molecular weight is 352 g/mol. The Morgan fingerprint density at radius 2 is 2.14 bits per heavy atom. The van der Waals surface area contributed by atoms with Gasteiger partial charge in [-0.2, -0.15) is 0 Å². The lowest BCUT2D eigenvalue weighted by Crippen LogP contribution is -2.32. The highest BCUT2D eigenvalue weighted by molar-refractivity contribution is 7.91. The van der Waals surface area contributed by atoms with Crippen LogP contribution >= 0.6 is 11.3 Å². The summed E-state index contributed by atoms with van der Waals surface area (Å²) in [4.78, 5) is 12.6. The number of thiophene rings is 1. The number of hydrogen-bond acceptors (Lipinski definition) is 6. The van der Waals surface area contributed by atoms with E-state index >= 15 is 0 Å². The third-order valence-electron chi connectivity index (χ3n) is 3.19. The Balaban J connectivity index is 1.82. The molecule has 1 atom stereocenters. The van der Waals surface area contributed by atoms with E-state index < -0.39 is 25.8 Å². The molecule has 3 N–H and O–H groups in total. The fraction of sp³-hybridized carbons (Fsp3) is 0.545. The van der Waals surface area contributed by atoms with Crippen LogP contribution in [0.4, 0.5) is 0 Å². The first-order valence-corrected chi connectivity index (χ1v) is 10.5. The Bertz CT molecular complexity index is 736. The minimum Gasteiger partial charge on any atom is -0.355 e. The molecular formula is C11H16N2O5S3. The van der Waals surface area contributed by atoms with Crippen LogP contribution in [-0.2, 0) is 31.1 Å². The normalized spacial score (nSPS) is 21.3. The predicted molar refractivity (Wildman–Crippen MR) is 79.2 cm³/mol. The van der Waals surface area contributed by atoms with E-state index in [4.69, 9.17) is 5.14 Å². The first-order chi connectivity index (χ1) is 9.67. The van der Waals surface area contributed by atoms with Crippen LogP contribution in [-0.4, -0.2) is 40.8 Å². The summed E-state index contributed by atoms with van der Waals surface area (Å²) in [6, 6.07) is 3.08. The summed E-state index contributed by atoms with van der Waals surface area (Å²) in [6.45, 7) is 0.333. The van der Waals surface area contributed by atoms with Gasteiger partial charge in [-0.1, -0.05) is 0 Å². The molecule has 1 amide bonds. The second-order valence-electron chi connectivity index (χ2n) is 4.91. The third-order valence-corrected chi connectivity index (χ3v) is 7.54. The van der Waals surface area contributed by atoms with E-state index in [1.54, 1.807) is 6.07 Å². The molecule has 0 aliphatic carbocycles. The molecule has 21 heavy (non-hydrogen) atoms. The van der Waals surface area contributed by atoms with Gasteiger partial charge in [-0.25, -0.2) is 22.0 Å². The van der Waals surface area contributed by atoms with E-state index in [9.17, 15) is 21.6 Å². The summed E-state index contributed by atoms with van der Waals surface area (Å²) in [5, 5.41) is 7.69. The maximum Gasteiger partial charge on any atom is 0.247 e. The van der Waals surface area contributed by atoms with Crippen LogP contribution in [0.15, 0.2) is 16.3 Å². The van der Waals surface area contributed by atoms with Crippen molar-refractivity contribution in [3.63, 3.8) is 0 Å². The molecule has 1 aliphatic heterocycles. The lowest BCUT2D eigenvalue weighted by molar-refractivity contribution is -0.124. The van der Waals surface area contributed by atoms with Crippen LogP contribution in [0.25, 0.3) is 0 Å². The van der Waals surface area contributed by atoms with Gasteiger partial charge < -0.3 is 5.32 Å². The molecule has 2 rings (SSSR count). The summed E-state index contributed by atoms with van der Waals surface area (Å²) in [7, 11) is -6.76. The molecule has 1 aliphatic rings. The zero-order valence-electron chi connectivity index (χ0n) is 11.1. The van der Waals surface area contributed by atoms with Gasteiger partial charge in [0.15, 0.2) is 9.84 Å². The molecule has 7 nitrogen and oxygen atoms in total. The molecule has 0 aromatic carbocycles. The van der Waals surface area contributed by atoms with E-state index in [1.807, 2.05) is 0 Å². The minimum atomic E-state index is -3.68. The quantitative estimate of drug-likeness (QED) is 0.738.